The van der Waals surface area contributed by atoms with Gasteiger partial charge in [0.25, 0.3) is 0 Å². The van der Waals surface area contributed by atoms with E-state index in [-0.39, 0.29) is 0 Å². The van der Waals surface area contributed by atoms with E-state index in [1.54, 1.807) is 18.2 Å². The molecule has 0 amide bonds. The zero-order valence-electron chi connectivity index (χ0n) is 11.6. The Labute approximate surface area is 143 Å². The highest BCUT2D eigenvalue weighted by Crippen LogP contribution is 2.33. The van der Waals surface area contributed by atoms with E-state index in [1.807, 2.05) is 34.2 Å². The molecule has 0 aliphatic carbocycles. The van der Waals surface area contributed by atoms with Crippen molar-refractivity contribution in [2.24, 2.45) is 0 Å². The normalized spacial score (nSPS) is 10.9. The highest BCUT2D eigenvalue weighted by molar-refractivity contribution is 14.2. The second kappa shape index (κ2) is 9.28. The lowest BCUT2D eigenvalue weighted by atomic mass is 10.1. The van der Waals surface area contributed by atoms with Crippen molar-refractivity contribution in [3.63, 3.8) is 0 Å². The number of halogens is 1. The fraction of sp³-hybridized carbons (Fsp3) is 0.133. The van der Waals surface area contributed by atoms with Crippen molar-refractivity contribution < 1.29 is 13.7 Å². The molecule has 0 N–H and O–H groups in total. The summed E-state index contributed by atoms with van der Waals surface area (Å²) in [5, 5.41) is 0.920. The summed E-state index contributed by atoms with van der Waals surface area (Å²) in [6, 6.07) is 1.80. The maximum absolute atomic E-state index is 11.4. The highest BCUT2D eigenvalue weighted by Gasteiger charge is 2.16. The summed E-state index contributed by atoms with van der Waals surface area (Å²) in [5.41, 5.74) is 2.17. The van der Waals surface area contributed by atoms with E-state index < -0.39 is 0 Å². The number of rotatable bonds is 8. The van der Waals surface area contributed by atoms with Gasteiger partial charge in [0.15, 0.2) is 12.0 Å². The molecule has 0 heterocycles. The molecule has 0 saturated heterocycles. The number of hydrogen-bond donors (Lipinski definition) is 0. The van der Waals surface area contributed by atoms with Crippen LogP contribution in [0.15, 0.2) is 43.0 Å². The van der Waals surface area contributed by atoms with Gasteiger partial charge in [-0.2, -0.15) is 0 Å². The molecule has 0 aliphatic rings. The number of ether oxygens (including phenoxy) is 1. The fourth-order valence-corrected chi connectivity index (χ4v) is 2.72. The minimum absolute atomic E-state index is 0.308. The number of allylic oxidation sites excluding steroid dienone is 2. The van der Waals surface area contributed by atoms with Crippen molar-refractivity contribution in [3.05, 3.63) is 54.2 Å². The molecule has 3 nitrogen and oxygen atoms in total. The molecule has 0 spiro atoms. The Kier molecular flexibility index (Phi) is 8.07. The van der Waals surface area contributed by atoms with Crippen LogP contribution in [0.5, 0.6) is 11.5 Å². The van der Waals surface area contributed by atoms with Gasteiger partial charge in [0.05, 0.1) is 0 Å². The van der Waals surface area contributed by atoms with Gasteiger partial charge >= 0.3 is 0 Å². The number of carbonyl (C=O) groups excluding carboxylic acids is 1. The largest absolute Gasteiger partial charge is 0.488 e. The molecular weight excluding hydrogens is 418 g/mol. The number of carbonyl (C=O) groups is 1. The second-order valence-electron chi connectivity index (χ2n) is 4.07. The molecule has 0 fully saturated rings. The number of benzene rings is 1. The van der Waals surface area contributed by atoms with Gasteiger partial charge in [-0.15, -0.1) is 9.24 Å². The highest BCUT2D eigenvalue weighted by atomic mass is 127. The SMILES string of the molecule is C=C/C=C(\C=C)COc1c(C)c(P)cc(OSI)c1C=O. The third-order valence-electron chi connectivity index (χ3n) is 2.79. The van der Waals surface area contributed by atoms with Gasteiger partial charge in [0.2, 0.25) is 0 Å². The molecule has 1 unspecified atom stereocenters. The summed E-state index contributed by atoms with van der Waals surface area (Å²) in [4.78, 5) is 11.4. The van der Waals surface area contributed by atoms with E-state index in [1.165, 1.54) is 0 Å². The average molecular weight is 434 g/mol. The quantitative estimate of drug-likeness (QED) is 0.200. The monoisotopic (exact) mass is 434 g/mol. The summed E-state index contributed by atoms with van der Waals surface area (Å²) in [6.07, 6.45) is 5.92. The van der Waals surface area contributed by atoms with Gasteiger partial charge in [-0.25, -0.2) is 0 Å². The molecule has 0 aliphatic heterocycles. The second-order valence-corrected chi connectivity index (χ2v) is 6.06. The van der Waals surface area contributed by atoms with Crippen molar-refractivity contribution >= 4 is 51.3 Å². The van der Waals surface area contributed by atoms with Gasteiger partial charge in [-0.05, 0) is 29.4 Å². The van der Waals surface area contributed by atoms with Crippen molar-refractivity contribution in [1.82, 2.24) is 0 Å². The van der Waals surface area contributed by atoms with E-state index in [2.05, 4.69) is 22.4 Å². The molecule has 1 aromatic carbocycles. The minimum Gasteiger partial charge on any atom is -0.488 e. The molecule has 0 aromatic heterocycles. The van der Waals surface area contributed by atoms with E-state index in [4.69, 9.17) is 8.92 Å². The Morgan fingerprint density at radius 3 is 2.76 bits per heavy atom. The molecular formula is C15H16IO3PS. The van der Waals surface area contributed by atoms with Crippen molar-refractivity contribution in [2.45, 2.75) is 6.92 Å². The minimum atomic E-state index is 0.308. The van der Waals surface area contributed by atoms with Gasteiger partial charge < -0.3 is 8.92 Å². The maximum Gasteiger partial charge on any atom is 0.157 e. The van der Waals surface area contributed by atoms with Crippen LogP contribution in [0.1, 0.15) is 15.9 Å². The smallest absolute Gasteiger partial charge is 0.157 e. The van der Waals surface area contributed by atoms with Crippen LogP contribution in [0.2, 0.25) is 0 Å². The van der Waals surface area contributed by atoms with E-state index >= 15 is 0 Å². The Morgan fingerprint density at radius 1 is 1.52 bits per heavy atom. The van der Waals surface area contributed by atoms with Gasteiger partial charge in [0.1, 0.15) is 27.1 Å². The lowest BCUT2D eigenvalue weighted by Gasteiger charge is -2.16. The lowest BCUT2D eigenvalue weighted by molar-refractivity contribution is 0.111. The van der Waals surface area contributed by atoms with Crippen LogP contribution >= 0.6 is 39.7 Å². The third kappa shape index (κ3) is 4.87. The maximum atomic E-state index is 11.4. The molecule has 1 rings (SSSR count). The first-order chi connectivity index (χ1) is 10.1. The zero-order chi connectivity index (χ0) is 15.8. The van der Waals surface area contributed by atoms with Crippen LogP contribution in [-0.2, 0) is 0 Å². The zero-order valence-corrected chi connectivity index (χ0v) is 15.7. The third-order valence-corrected chi connectivity index (χ3v) is 4.17. The summed E-state index contributed by atoms with van der Waals surface area (Å²) in [7, 11) is 3.77. The predicted molar refractivity (Wildman–Crippen MR) is 102 cm³/mol. The molecule has 1 atom stereocenters. The van der Waals surface area contributed by atoms with E-state index in [0.717, 1.165) is 31.9 Å². The molecule has 0 saturated carbocycles. The first-order valence-electron chi connectivity index (χ1n) is 5.99. The van der Waals surface area contributed by atoms with Gasteiger partial charge in [-0.3, -0.25) is 4.79 Å². The van der Waals surface area contributed by atoms with Gasteiger partial charge in [-0.1, -0.05) is 31.4 Å². The standard InChI is InChI=1S/C15H16IO3PS/c1-4-6-11(5-2)9-18-15-10(3)14(20)7-13(19-21-16)12(15)8-17/h4-8H,1-2,9,20H2,3H3/b11-6+. The summed E-state index contributed by atoms with van der Waals surface area (Å²) >= 11 is 2.00. The van der Waals surface area contributed by atoms with Crippen LogP contribution in [0.4, 0.5) is 0 Å². The molecule has 0 radical (unpaired) electrons. The first-order valence-corrected chi connectivity index (χ1v) is 9.85. The Hall–Kier alpha value is -0.780. The molecule has 0 bridgehead atoms. The van der Waals surface area contributed by atoms with Gasteiger partial charge in [0, 0.05) is 21.2 Å². The van der Waals surface area contributed by atoms with Crippen LogP contribution in [0.25, 0.3) is 0 Å². The summed E-state index contributed by atoms with van der Waals surface area (Å²) < 4.78 is 11.2. The van der Waals surface area contributed by atoms with E-state index in [9.17, 15) is 4.79 Å². The molecule has 1 aromatic rings. The molecule has 6 heteroatoms. The Bertz CT molecular complexity index is 585. The number of aldehydes is 1. The average Bonchev–Trinajstić information content (AvgIpc) is 2.48. The van der Waals surface area contributed by atoms with Crippen LogP contribution in [0, 0.1) is 6.92 Å². The Balaban J connectivity index is 3.20. The van der Waals surface area contributed by atoms with E-state index in [0.29, 0.717) is 23.7 Å². The summed E-state index contributed by atoms with van der Waals surface area (Å²) in [6.45, 7) is 9.57. The van der Waals surface area contributed by atoms with Crippen molar-refractivity contribution in [3.8, 4) is 11.5 Å². The summed E-state index contributed by atoms with van der Waals surface area (Å²) in [5.74, 6) is 1.01. The van der Waals surface area contributed by atoms with Crippen LogP contribution in [-0.4, -0.2) is 12.9 Å². The topological polar surface area (TPSA) is 35.5 Å². The van der Waals surface area contributed by atoms with Crippen LogP contribution < -0.4 is 14.2 Å². The molecule has 112 valence electrons. The van der Waals surface area contributed by atoms with Crippen LogP contribution in [0.3, 0.4) is 0 Å². The predicted octanol–water partition coefficient (Wildman–Crippen LogP) is 4.36. The van der Waals surface area contributed by atoms with Crippen molar-refractivity contribution in [1.29, 1.82) is 0 Å². The van der Waals surface area contributed by atoms with Crippen molar-refractivity contribution in [2.75, 3.05) is 6.61 Å². The molecule has 21 heavy (non-hydrogen) atoms. The lowest BCUT2D eigenvalue weighted by Crippen LogP contribution is -2.09. The Morgan fingerprint density at radius 2 is 2.24 bits per heavy atom. The fourth-order valence-electron chi connectivity index (χ4n) is 1.65. The first kappa shape index (κ1) is 18.3. The number of hydrogen-bond acceptors (Lipinski definition) is 4.